The van der Waals surface area contributed by atoms with E-state index in [2.05, 4.69) is 10.3 Å². The molecule has 1 atom stereocenters. The second-order valence-corrected chi connectivity index (χ2v) is 7.63. The van der Waals surface area contributed by atoms with E-state index in [1.165, 1.54) is 12.1 Å². The van der Waals surface area contributed by atoms with Crippen LogP contribution in [0, 0.1) is 11.7 Å². The normalized spacial score (nSPS) is 11.7. The first-order valence-corrected chi connectivity index (χ1v) is 10.2. The summed E-state index contributed by atoms with van der Waals surface area (Å²) in [4.78, 5) is 32.1. The molecule has 0 aliphatic rings. The monoisotopic (exact) mass is 419 g/mol. The number of hydrogen-bond acceptors (Lipinski definition) is 3. The molecule has 0 saturated carbocycles. The number of aromatic nitrogens is 1. The largest absolute Gasteiger partial charge is 0.350 e. The second kappa shape index (κ2) is 10.5. The van der Waals surface area contributed by atoms with Gasteiger partial charge in [-0.25, -0.2) is 4.39 Å². The third-order valence-corrected chi connectivity index (χ3v) is 4.93. The maximum atomic E-state index is 13.4. The number of nitrogens with zero attached hydrogens (tertiary/aromatic N) is 2. The standard InChI is InChI=1S/C25H26FN3O2/c1-18(2)25(31)29(17-20-8-10-22(26)11-9-20)23(21-6-4-3-5-7-21)24(30)28-16-19-12-14-27-15-13-19/h3-15,18,23H,16-17H2,1-2H3,(H,28,30)/t23-/m0/s1. The molecule has 1 heterocycles. The Morgan fingerprint density at radius 3 is 2.19 bits per heavy atom. The van der Waals surface area contributed by atoms with Crippen molar-refractivity contribution in [1.82, 2.24) is 15.2 Å². The van der Waals surface area contributed by atoms with Crippen LogP contribution in [-0.2, 0) is 22.7 Å². The van der Waals surface area contributed by atoms with E-state index < -0.39 is 6.04 Å². The van der Waals surface area contributed by atoms with Crippen molar-refractivity contribution >= 4 is 11.8 Å². The average Bonchev–Trinajstić information content (AvgIpc) is 2.79. The first-order valence-electron chi connectivity index (χ1n) is 10.2. The van der Waals surface area contributed by atoms with Crippen molar-refractivity contribution in [2.45, 2.75) is 33.0 Å². The summed E-state index contributed by atoms with van der Waals surface area (Å²) in [5.41, 5.74) is 2.37. The maximum absolute atomic E-state index is 13.4. The van der Waals surface area contributed by atoms with Crippen LogP contribution in [-0.4, -0.2) is 21.7 Å². The Labute approximate surface area is 181 Å². The van der Waals surface area contributed by atoms with E-state index in [-0.39, 0.29) is 30.1 Å². The molecule has 1 aromatic heterocycles. The van der Waals surface area contributed by atoms with Crippen LogP contribution in [0.2, 0.25) is 0 Å². The summed E-state index contributed by atoms with van der Waals surface area (Å²) < 4.78 is 13.4. The van der Waals surface area contributed by atoms with E-state index in [4.69, 9.17) is 0 Å². The fraction of sp³-hybridized carbons (Fsp3) is 0.240. The molecule has 2 aromatic carbocycles. The van der Waals surface area contributed by atoms with Gasteiger partial charge in [-0.05, 0) is 41.0 Å². The van der Waals surface area contributed by atoms with Crippen molar-refractivity contribution in [2.75, 3.05) is 0 Å². The van der Waals surface area contributed by atoms with Crippen LogP contribution in [0.1, 0.15) is 36.6 Å². The van der Waals surface area contributed by atoms with Crippen LogP contribution in [0.4, 0.5) is 4.39 Å². The van der Waals surface area contributed by atoms with Gasteiger partial charge in [0.1, 0.15) is 11.9 Å². The van der Waals surface area contributed by atoms with E-state index in [0.717, 1.165) is 11.1 Å². The molecule has 6 heteroatoms. The van der Waals surface area contributed by atoms with Gasteiger partial charge in [0.25, 0.3) is 0 Å². The number of halogens is 1. The highest BCUT2D eigenvalue weighted by atomic mass is 19.1. The highest BCUT2D eigenvalue weighted by Gasteiger charge is 2.32. The molecule has 5 nitrogen and oxygen atoms in total. The van der Waals surface area contributed by atoms with Gasteiger partial charge < -0.3 is 10.2 Å². The van der Waals surface area contributed by atoms with E-state index in [0.29, 0.717) is 12.1 Å². The van der Waals surface area contributed by atoms with Crippen molar-refractivity contribution < 1.29 is 14.0 Å². The van der Waals surface area contributed by atoms with Crippen molar-refractivity contribution in [2.24, 2.45) is 5.92 Å². The van der Waals surface area contributed by atoms with Crippen LogP contribution in [0.3, 0.4) is 0 Å². The number of hydrogen-bond donors (Lipinski definition) is 1. The van der Waals surface area contributed by atoms with Gasteiger partial charge in [-0.2, -0.15) is 0 Å². The SMILES string of the molecule is CC(C)C(=O)N(Cc1ccc(F)cc1)[C@H](C(=O)NCc1ccncc1)c1ccccc1. The Kier molecular flexibility index (Phi) is 7.49. The third kappa shape index (κ3) is 5.98. The number of carbonyl (C=O) groups excluding carboxylic acids is 2. The predicted molar refractivity (Wildman–Crippen MR) is 117 cm³/mol. The summed E-state index contributed by atoms with van der Waals surface area (Å²) in [6.07, 6.45) is 3.33. The summed E-state index contributed by atoms with van der Waals surface area (Å²) in [7, 11) is 0. The van der Waals surface area contributed by atoms with Gasteiger partial charge >= 0.3 is 0 Å². The number of carbonyl (C=O) groups is 2. The maximum Gasteiger partial charge on any atom is 0.247 e. The van der Waals surface area contributed by atoms with Gasteiger partial charge in [0.2, 0.25) is 11.8 Å². The zero-order valence-electron chi connectivity index (χ0n) is 17.7. The van der Waals surface area contributed by atoms with Crippen molar-refractivity contribution in [3.05, 3.63) is 102 Å². The Bertz CT molecular complexity index is 992. The summed E-state index contributed by atoms with van der Waals surface area (Å²) in [6, 6.07) is 18.0. The number of nitrogens with one attached hydrogen (secondary N) is 1. The molecule has 2 amide bonds. The molecule has 3 rings (SSSR count). The van der Waals surface area contributed by atoms with Crippen LogP contribution in [0.15, 0.2) is 79.1 Å². The lowest BCUT2D eigenvalue weighted by Gasteiger charge is -2.33. The van der Waals surface area contributed by atoms with E-state index in [9.17, 15) is 14.0 Å². The first-order chi connectivity index (χ1) is 15.0. The lowest BCUT2D eigenvalue weighted by atomic mass is 10.0. The molecule has 0 aliphatic carbocycles. The summed E-state index contributed by atoms with van der Waals surface area (Å²) in [5.74, 6) is -1.09. The predicted octanol–water partition coefficient (Wildman–Crippen LogP) is 4.26. The molecule has 0 aliphatic heterocycles. The minimum absolute atomic E-state index is 0.155. The van der Waals surface area contributed by atoms with Gasteiger partial charge in [0, 0.05) is 31.4 Å². The summed E-state index contributed by atoms with van der Waals surface area (Å²) >= 11 is 0. The fourth-order valence-electron chi connectivity index (χ4n) is 3.31. The Balaban J connectivity index is 1.93. The van der Waals surface area contributed by atoms with E-state index in [1.807, 2.05) is 42.5 Å². The van der Waals surface area contributed by atoms with Gasteiger partial charge in [-0.1, -0.05) is 56.3 Å². The first kappa shape index (κ1) is 22.2. The quantitative estimate of drug-likeness (QED) is 0.593. The number of pyridine rings is 1. The molecule has 0 fully saturated rings. The summed E-state index contributed by atoms with van der Waals surface area (Å²) in [6.45, 7) is 4.12. The molecule has 0 radical (unpaired) electrons. The minimum Gasteiger partial charge on any atom is -0.350 e. The topological polar surface area (TPSA) is 62.3 Å². The average molecular weight is 420 g/mol. The molecule has 31 heavy (non-hydrogen) atoms. The van der Waals surface area contributed by atoms with Gasteiger partial charge in [-0.3, -0.25) is 14.6 Å². The Morgan fingerprint density at radius 2 is 1.58 bits per heavy atom. The Hall–Kier alpha value is -3.54. The fourth-order valence-corrected chi connectivity index (χ4v) is 3.31. The molecule has 0 bridgehead atoms. The van der Waals surface area contributed by atoms with Crippen molar-refractivity contribution in [3.8, 4) is 0 Å². The van der Waals surface area contributed by atoms with Gasteiger partial charge in [0.15, 0.2) is 0 Å². The third-order valence-electron chi connectivity index (χ3n) is 4.93. The molecule has 1 N–H and O–H groups in total. The van der Waals surface area contributed by atoms with Crippen LogP contribution in [0.25, 0.3) is 0 Å². The number of benzene rings is 2. The molecule has 160 valence electrons. The number of amides is 2. The molecular formula is C25H26FN3O2. The highest BCUT2D eigenvalue weighted by Crippen LogP contribution is 2.26. The van der Waals surface area contributed by atoms with Crippen molar-refractivity contribution in [1.29, 1.82) is 0 Å². The lowest BCUT2D eigenvalue weighted by Crippen LogP contribution is -2.44. The van der Waals surface area contributed by atoms with E-state index >= 15 is 0 Å². The van der Waals surface area contributed by atoms with Gasteiger partial charge in [-0.15, -0.1) is 0 Å². The lowest BCUT2D eigenvalue weighted by molar-refractivity contribution is -0.144. The van der Waals surface area contributed by atoms with Crippen molar-refractivity contribution in [3.63, 3.8) is 0 Å². The zero-order chi connectivity index (χ0) is 22.2. The molecule has 0 unspecified atom stereocenters. The van der Waals surface area contributed by atoms with Crippen LogP contribution >= 0.6 is 0 Å². The second-order valence-electron chi connectivity index (χ2n) is 7.63. The smallest absolute Gasteiger partial charge is 0.247 e. The van der Waals surface area contributed by atoms with Gasteiger partial charge in [0.05, 0.1) is 0 Å². The molecule has 3 aromatic rings. The molecule has 0 saturated heterocycles. The van der Waals surface area contributed by atoms with Crippen LogP contribution in [0.5, 0.6) is 0 Å². The Morgan fingerprint density at radius 1 is 0.935 bits per heavy atom. The zero-order valence-corrected chi connectivity index (χ0v) is 17.7. The molecular weight excluding hydrogens is 393 g/mol. The minimum atomic E-state index is -0.817. The molecule has 0 spiro atoms. The summed E-state index contributed by atoms with van der Waals surface area (Å²) in [5, 5.41) is 2.95. The highest BCUT2D eigenvalue weighted by molar-refractivity contribution is 5.89. The van der Waals surface area contributed by atoms with Crippen LogP contribution < -0.4 is 5.32 Å². The van der Waals surface area contributed by atoms with E-state index in [1.54, 1.807) is 43.3 Å². The number of rotatable bonds is 8.